The van der Waals surface area contributed by atoms with Gasteiger partial charge in [0.2, 0.25) is 0 Å². The van der Waals surface area contributed by atoms with Gasteiger partial charge in [-0.05, 0) is 70.5 Å². The SMILES string of the molecule is CCN(CC)c1ccc(NC(=O)c2cc(NC(C)C)ccn2)c(C)c1. The van der Waals surface area contributed by atoms with E-state index >= 15 is 0 Å². The van der Waals surface area contributed by atoms with Gasteiger partial charge in [0.1, 0.15) is 5.69 Å². The Morgan fingerprint density at radius 3 is 2.48 bits per heavy atom. The molecule has 1 heterocycles. The Labute approximate surface area is 150 Å². The lowest BCUT2D eigenvalue weighted by atomic mass is 10.1. The second-order valence-electron chi connectivity index (χ2n) is 6.35. The summed E-state index contributed by atoms with van der Waals surface area (Å²) in [7, 11) is 0. The Morgan fingerprint density at radius 2 is 1.88 bits per heavy atom. The van der Waals surface area contributed by atoms with E-state index in [1.165, 1.54) is 5.69 Å². The van der Waals surface area contributed by atoms with Gasteiger partial charge in [0.15, 0.2) is 0 Å². The lowest BCUT2D eigenvalue weighted by Crippen LogP contribution is -2.22. The van der Waals surface area contributed by atoms with Gasteiger partial charge in [-0.15, -0.1) is 0 Å². The normalized spacial score (nSPS) is 10.6. The number of aromatic nitrogens is 1. The van der Waals surface area contributed by atoms with Crippen LogP contribution in [0.4, 0.5) is 17.1 Å². The van der Waals surface area contributed by atoms with Crippen LogP contribution in [0, 0.1) is 6.92 Å². The van der Waals surface area contributed by atoms with Crippen molar-refractivity contribution < 1.29 is 4.79 Å². The maximum atomic E-state index is 12.5. The fraction of sp³-hybridized carbons (Fsp3) is 0.400. The second kappa shape index (κ2) is 8.51. The summed E-state index contributed by atoms with van der Waals surface area (Å²) < 4.78 is 0. The number of carbonyl (C=O) groups excluding carboxylic acids is 1. The molecule has 0 aliphatic carbocycles. The van der Waals surface area contributed by atoms with E-state index < -0.39 is 0 Å². The molecule has 0 fully saturated rings. The molecule has 5 heteroatoms. The summed E-state index contributed by atoms with van der Waals surface area (Å²) in [6.07, 6.45) is 1.65. The van der Waals surface area contributed by atoms with Crippen molar-refractivity contribution >= 4 is 23.0 Å². The van der Waals surface area contributed by atoms with Crippen molar-refractivity contribution in [1.29, 1.82) is 0 Å². The van der Waals surface area contributed by atoms with Crippen molar-refractivity contribution in [3.05, 3.63) is 47.8 Å². The number of anilines is 3. The predicted molar refractivity (Wildman–Crippen MR) is 106 cm³/mol. The van der Waals surface area contributed by atoms with Crippen LogP contribution in [0.5, 0.6) is 0 Å². The van der Waals surface area contributed by atoms with Gasteiger partial charge in [0.05, 0.1) is 0 Å². The lowest BCUT2D eigenvalue weighted by molar-refractivity contribution is 0.102. The van der Waals surface area contributed by atoms with Crippen LogP contribution in [0.1, 0.15) is 43.7 Å². The van der Waals surface area contributed by atoms with E-state index in [9.17, 15) is 4.79 Å². The molecule has 0 saturated carbocycles. The Balaban J connectivity index is 2.15. The summed E-state index contributed by atoms with van der Waals surface area (Å²) in [6, 6.07) is 10.0. The lowest BCUT2D eigenvalue weighted by Gasteiger charge is -2.22. The first-order valence-electron chi connectivity index (χ1n) is 8.84. The standard InChI is InChI=1S/C20H28N4O/c1-6-24(7-2)17-8-9-18(15(5)12-17)23-20(25)19-13-16(10-11-21-19)22-14(3)4/h8-14H,6-7H2,1-5H3,(H,21,22)(H,23,25). The van der Waals surface area contributed by atoms with Crippen LogP contribution in [-0.4, -0.2) is 30.0 Å². The van der Waals surface area contributed by atoms with E-state index in [0.29, 0.717) is 11.7 Å². The Hall–Kier alpha value is -2.56. The zero-order valence-corrected chi connectivity index (χ0v) is 15.8. The Kier molecular flexibility index (Phi) is 6.39. The number of aryl methyl sites for hydroxylation is 1. The van der Waals surface area contributed by atoms with Crippen LogP contribution in [0.2, 0.25) is 0 Å². The summed E-state index contributed by atoms with van der Waals surface area (Å²) in [5.74, 6) is -0.203. The summed E-state index contributed by atoms with van der Waals surface area (Å²) in [6.45, 7) is 12.3. The highest BCUT2D eigenvalue weighted by molar-refractivity contribution is 6.03. The molecular weight excluding hydrogens is 312 g/mol. The zero-order chi connectivity index (χ0) is 18.4. The smallest absolute Gasteiger partial charge is 0.274 e. The third-order valence-corrected chi connectivity index (χ3v) is 4.03. The number of rotatable bonds is 7. The molecule has 0 unspecified atom stereocenters. The molecule has 134 valence electrons. The van der Waals surface area contributed by atoms with Gasteiger partial charge in [0, 0.05) is 42.4 Å². The van der Waals surface area contributed by atoms with Crippen LogP contribution < -0.4 is 15.5 Å². The Morgan fingerprint density at radius 1 is 1.16 bits per heavy atom. The second-order valence-corrected chi connectivity index (χ2v) is 6.35. The average molecular weight is 340 g/mol. The fourth-order valence-electron chi connectivity index (χ4n) is 2.74. The van der Waals surface area contributed by atoms with Crippen LogP contribution in [0.25, 0.3) is 0 Å². The van der Waals surface area contributed by atoms with E-state index in [1.807, 2.05) is 25.1 Å². The number of nitrogens with one attached hydrogen (secondary N) is 2. The van der Waals surface area contributed by atoms with Crippen molar-refractivity contribution in [1.82, 2.24) is 4.98 Å². The topological polar surface area (TPSA) is 57.3 Å². The molecule has 0 atom stereocenters. The number of hydrogen-bond acceptors (Lipinski definition) is 4. The summed E-state index contributed by atoms with van der Waals surface area (Å²) in [4.78, 5) is 19.0. The van der Waals surface area contributed by atoms with Gasteiger partial charge < -0.3 is 15.5 Å². The van der Waals surface area contributed by atoms with E-state index in [-0.39, 0.29) is 5.91 Å². The summed E-state index contributed by atoms with van der Waals surface area (Å²) >= 11 is 0. The summed E-state index contributed by atoms with van der Waals surface area (Å²) in [5.41, 5.74) is 4.31. The largest absolute Gasteiger partial charge is 0.383 e. The fourth-order valence-corrected chi connectivity index (χ4v) is 2.74. The minimum Gasteiger partial charge on any atom is -0.383 e. The van der Waals surface area contributed by atoms with Crippen molar-refractivity contribution in [2.45, 2.75) is 40.7 Å². The Bertz CT molecular complexity index is 723. The molecule has 0 radical (unpaired) electrons. The number of nitrogens with zero attached hydrogens (tertiary/aromatic N) is 2. The van der Waals surface area contributed by atoms with E-state index in [0.717, 1.165) is 30.0 Å². The highest BCUT2D eigenvalue weighted by Gasteiger charge is 2.11. The van der Waals surface area contributed by atoms with E-state index in [4.69, 9.17) is 0 Å². The molecule has 5 nitrogen and oxygen atoms in total. The highest BCUT2D eigenvalue weighted by Crippen LogP contribution is 2.23. The molecule has 25 heavy (non-hydrogen) atoms. The minimum absolute atomic E-state index is 0.203. The average Bonchev–Trinajstić information content (AvgIpc) is 2.58. The van der Waals surface area contributed by atoms with Gasteiger partial charge in [-0.1, -0.05) is 0 Å². The third-order valence-electron chi connectivity index (χ3n) is 4.03. The molecule has 0 spiro atoms. The monoisotopic (exact) mass is 340 g/mol. The number of pyridine rings is 1. The molecule has 0 saturated heterocycles. The molecule has 0 aliphatic rings. The maximum absolute atomic E-state index is 12.5. The minimum atomic E-state index is -0.203. The van der Waals surface area contributed by atoms with Crippen molar-refractivity contribution in [2.75, 3.05) is 28.6 Å². The van der Waals surface area contributed by atoms with Gasteiger partial charge in [-0.3, -0.25) is 9.78 Å². The maximum Gasteiger partial charge on any atom is 0.274 e. The first-order valence-corrected chi connectivity index (χ1v) is 8.84. The summed E-state index contributed by atoms with van der Waals surface area (Å²) in [5, 5.41) is 6.24. The molecular formula is C20H28N4O. The third kappa shape index (κ3) is 4.95. The molecule has 0 bridgehead atoms. The quantitative estimate of drug-likeness (QED) is 0.788. The number of hydrogen-bond donors (Lipinski definition) is 2. The van der Waals surface area contributed by atoms with E-state index in [2.05, 4.69) is 54.3 Å². The molecule has 0 aliphatic heterocycles. The number of amides is 1. The molecule has 2 rings (SSSR count). The highest BCUT2D eigenvalue weighted by atomic mass is 16.1. The van der Waals surface area contributed by atoms with Gasteiger partial charge >= 0.3 is 0 Å². The van der Waals surface area contributed by atoms with E-state index in [1.54, 1.807) is 12.3 Å². The van der Waals surface area contributed by atoms with Gasteiger partial charge in [-0.2, -0.15) is 0 Å². The molecule has 1 aromatic heterocycles. The first-order chi connectivity index (χ1) is 11.9. The zero-order valence-electron chi connectivity index (χ0n) is 15.8. The van der Waals surface area contributed by atoms with Crippen LogP contribution in [0.15, 0.2) is 36.5 Å². The van der Waals surface area contributed by atoms with Crippen molar-refractivity contribution in [2.24, 2.45) is 0 Å². The van der Waals surface area contributed by atoms with Crippen LogP contribution >= 0.6 is 0 Å². The predicted octanol–water partition coefficient (Wildman–Crippen LogP) is 4.31. The van der Waals surface area contributed by atoms with Crippen LogP contribution in [-0.2, 0) is 0 Å². The molecule has 2 N–H and O–H groups in total. The van der Waals surface area contributed by atoms with Crippen molar-refractivity contribution in [3.63, 3.8) is 0 Å². The molecule has 1 aromatic carbocycles. The molecule has 1 amide bonds. The van der Waals surface area contributed by atoms with Gasteiger partial charge in [0.25, 0.3) is 5.91 Å². The number of benzene rings is 1. The number of carbonyl (C=O) groups is 1. The van der Waals surface area contributed by atoms with Crippen molar-refractivity contribution in [3.8, 4) is 0 Å². The van der Waals surface area contributed by atoms with Crippen LogP contribution in [0.3, 0.4) is 0 Å². The first kappa shape index (κ1) is 18.8. The van der Waals surface area contributed by atoms with Gasteiger partial charge in [-0.25, -0.2) is 0 Å². The molecule has 2 aromatic rings.